The lowest BCUT2D eigenvalue weighted by Gasteiger charge is -2.30. The zero-order valence-corrected chi connectivity index (χ0v) is 26.0. The number of methoxy groups -OCH3 is 1. The minimum absolute atomic E-state index is 0.113. The summed E-state index contributed by atoms with van der Waals surface area (Å²) in [6, 6.07) is 9.89. The van der Waals surface area contributed by atoms with E-state index >= 15 is 0 Å². The van der Waals surface area contributed by atoms with Crippen LogP contribution in [0.5, 0.6) is 0 Å². The number of nitrogens with zero attached hydrogens (tertiary/aromatic N) is 3. The SMILES string of the molecule is COC(=O)N[C@H](C(=O)N1CCCC1c1ncc(-c2ccc(-c3ccc(C(=O)CNC(=O)OC(C)(C)C)cc3)nc2)[nH]1)C(C)C. The Labute approximate surface area is 256 Å². The first kappa shape index (κ1) is 32.2. The van der Waals surface area contributed by atoms with Gasteiger partial charge in [-0.1, -0.05) is 38.1 Å². The van der Waals surface area contributed by atoms with Crippen LogP contribution < -0.4 is 10.6 Å². The van der Waals surface area contributed by atoms with E-state index in [9.17, 15) is 19.2 Å². The molecule has 3 aromatic rings. The summed E-state index contributed by atoms with van der Waals surface area (Å²) < 4.78 is 9.88. The number of alkyl carbamates (subject to hydrolysis) is 2. The summed E-state index contributed by atoms with van der Waals surface area (Å²) in [6.45, 7) is 9.44. The average Bonchev–Trinajstić information content (AvgIpc) is 3.68. The third-order valence-electron chi connectivity index (χ3n) is 7.21. The number of hydrogen-bond acceptors (Lipinski definition) is 8. The Morgan fingerprint density at radius 1 is 1.00 bits per heavy atom. The molecule has 0 aliphatic carbocycles. The number of ketones is 1. The van der Waals surface area contributed by atoms with Crippen LogP contribution in [0.25, 0.3) is 22.5 Å². The molecule has 0 spiro atoms. The van der Waals surface area contributed by atoms with Gasteiger partial charge in [0.25, 0.3) is 0 Å². The fraction of sp³-hybridized carbons (Fsp3) is 0.438. The molecule has 234 valence electrons. The number of pyridine rings is 1. The number of aromatic amines is 1. The highest BCUT2D eigenvalue weighted by molar-refractivity contribution is 5.99. The highest BCUT2D eigenvalue weighted by atomic mass is 16.6. The highest BCUT2D eigenvalue weighted by Crippen LogP contribution is 2.33. The van der Waals surface area contributed by atoms with Crippen LogP contribution in [0.1, 0.15) is 69.7 Å². The number of carbonyl (C=O) groups is 4. The van der Waals surface area contributed by atoms with Gasteiger partial charge in [-0.2, -0.15) is 0 Å². The second-order valence-electron chi connectivity index (χ2n) is 12.0. The Bertz CT molecular complexity index is 1480. The molecule has 0 radical (unpaired) electrons. The van der Waals surface area contributed by atoms with Gasteiger partial charge in [-0.05, 0) is 51.7 Å². The predicted molar refractivity (Wildman–Crippen MR) is 164 cm³/mol. The van der Waals surface area contributed by atoms with E-state index in [0.29, 0.717) is 17.9 Å². The molecule has 0 saturated carbocycles. The summed E-state index contributed by atoms with van der Waals surface area (Å²) in [6.07, 6.45) is 3.78. The highest BCUT2D eigenvalue weighted by Gasteiger charge is 2.37. The molecular weight excluding hydrogens is 564 g/mol. The summed E-state index contributed by atoms with van der Waals surface area (Å²) in [5.74, 6) is 0.168. The van der Waals surface area contributed by atoms with Crippen LogP contribution in [0.3, 0.4) is 0 Å². The van der Waals surface area contributed by atoms with Gasteiger partial charge in [-0.15, -0.1) is 0 Å². The van der Waals surface area contributed by atoms with E-state index in [4.69, 9.17) is 9.47 Å². The summed E-state index contributed by atoms with van der Waals surface area (Å²) >= 11 is 0. The van der Waals surface area contributed by atoms with Crippen molar-refractivity contribution in [1.82, 2.24) is 30.5 Å². The molecule has 4 rings (SSSR count). The van der Waals surface area contributed by atoms with E-state index in [1.807, 2.05) is 38.1 Å². The summed E-state index contributed by atoms with van der Waals surface area (Å²) in [4.78, 5) is 63.9. The fourth-order valence-corrected chi connectivity index (χ4v) is 4.97. The third kappa shape index (κ3) is 8.00. The van der Waals surface area contributed by atoms with E-state index in [-0.39, 0.29) is 30.2 Å². The maximum atomic E-state index is 13.4. The number of nitrogens with one attached hydrogen (secondary N) is 3. The maximum Gasteiger partial charge on any atom is 0.408 e. The molecule has 1 unspecified atom stereocenters. The van der Waals surface area contributed by atoms with Gasteiger partial charge in [0.05, 0.1) is 37.3 Å². The summed E-state index contributed by atoms with van der Waals surface area (Å²) in [5, 5.41) is 5.14. The Kier molecular flexibility index (Phi) is 10.0. The second kappa shape index (κ2) is 13.7. The van der Waals surface area contributed by atoms with Crippen LogP contribution in [0.4, 0.5) is 9.59 Å². The first-order valence-corrected chi connectivity index (χ1v) is 14.6. The number of likely N-dealkylation sites (tertiary alicyclic amines) is 1. The number of Topliss-reactive ketones (excluding diaryl/α,β-unsaturated/α-hetero) is 1. The lowest BCUT2D eigenvalue weighted by atomic mass is 10.0. The van der Waals surface area contributed by atoms with E-state index in [2.05, 4.69) is 25.6 Å². The molecule has 12 nitrogen and oxygen atoms in total. The Hall–Kier alpha value is -4.74. The zero-order chi connectivity index (χ0) is 32.0. The predicted octanol–water partition coefficient (Wildman–Crippen LogP) is 4.89. The smallest absolute Gasteiger partial charge is 0.408 e. The lowest BCUT2D eigenvalue weighted by molar-refractivity contribution is -0.135. The second-order valence-corrected chi connectivity index (χ2v) is 12.0. The van der Waals surface area contributed by atoms with Gasteiger partial charge in [0.2, 0.25) is 5.91 Å². The van der Waals surface area contributed by atoms with Crippen molar-refractivity contribution in [3.05, 3.63) is 60.2 Å². The third-order valence-corrected chi connectivity index (χ3v) is 7.21. The lowest BCUT2D eigenvalue weighted by Crippen LogP contribution is -2.51. The fourth-order valence-electron chi connectivity index (χ4n) is 4.97. The van der Waals surface area contributed by atoms with E-state index in [1.165, 1.54) is 7.11 Å². The summed E-state index contributed by atoms with van der Waals surface area (Å²) in [5.41, 5.74) is 2.98. The van der Waals surface area contributed by atoms with Crippen LogP contribution in [-0.4, -0.2) is 75.6 Å². The molecule has 0 bridgehead atoms. The number of aromatic nitrogens is 3. The largest absolute Gasteiger partial charge is 0.453 e. The van der Waals surface area contributed by atoms with Crippen molar-refractivity contribution in [2.24, 2.45) is 5.92 Å². The number of imidazole rings is 1. The Balaban J connectivity index is 1.40. The van der Waals surface area contributed by atoms with Crippen LogP contribution in [0, 0.1) is 5.92 Å². The standard InChI is InChI=1S/C32H40N6O6/c1-19(2)27(37-31(42)43-6)29(40)38-15-7-8-25(38)28-34-17-24(36-28)22-13-14-23(33-16-22)20-9-11-21(12-10-20)26(39)18-35-30(41)44-32(3,4)5/h9-14,16-17,19,25,27H,7-8,15,18H2,1-6H3,(H,34,36)(H,35,41)(H,37,42)/t25?,27-/m0/s1. The van der Waals surface area contributed by atoms with Crippen LogP contribution >= 0.6 is 0 Å². The molecule has 3 amide bonds. The number of amides is 3. The van der Waals surface area contributed by atoms with Crippen molar-refractivity contribution in [2.75, 3.05) is 20.2 Å². The maximum absolute atomic E-state index is 13.4. The van der Waals surface area contributed by atoms with Gasteiger partial charge >= 0.3 is 12.2 Å². The van der Waals surface area contributed by atoms with Crippen molar-refractivity contribution in [1.29, 1.82) is 0 Å². The Morgan fingerprint density at radius 3 is 2.32 bits per heavy atom. The molecule has 1 saturated heterocycles. The topological polar surface area (TPSA) is 156 Å². The molecule has 1 fully saturated rings. The van der Waals surface area contributed by atoms with Crippen molar-refractivity contribution in [2.45, 2.75) is 65.1 Å². The molecule has 2 aromatic heterocycles. The first-order valence-electron chi connectivity index (χ1n) is 14.6. The minimum atomic E-state index is -0.699. The first-order chi connectivity index (χ1) is 20.9. The van der Waals surface area contributed by atoms with Crippen molar-refractivity contribution >= 4 is 23.9 Å². The van der Waals surface area contributed by atoms with E-state index in [1.54, 1.807) is 50.2 Å². The molecule has 2 atom stereocenters. The van der Waals surface area contributed by atoms with E-state index in [0.717, 1.165) is 35.4 Å². The van der Waals surface area contributed by atoms with Crippen LogP contribution in [0.15, 0.2) is 48.8 Å². The van der Waals surface area contributed by atoms with Crippen molar-refractivity contribution in [3.8, 4) is 22.5 Å². The van der Waals surface area contributed by atoms with Crippen molar-refractivity contribution in [3.63, 3.8) is 0 Å². The van der Waals surface area contributed by atoms with Gasteiger partial charge in [0.1, 0.15) is 17.5 Å². The zero-order valence-electron chi connectivity index (χ0n) is 26.0. The Morgan fingerprint density at radius 2 is 1.70 bits per heavy atom. The number of rotatable bonds is 9. The molecule has 1 aliphatic rings. The van der Waals surface area contributed by atoms with Gasteiger partial charge in [0, 0.05) is 29.4 Å². The number of benzene rings is 1. The van der Waals surface area contributed by atoms with Gasteiger partial charge in [-0.3, -0.25) is 14.6 Å². The minimum Gasteiger partial charge on any atom is -0.453 e. The normalized spacial score (nSPS) is 15.5. The monoisotopic (exact) mass is 604 g/mol. The molecule has 3 N–H and O–H groups in total. The van der Waals surface area contributed by atoms with Crippen LogP contribution in [-0.2, 0) is 14.3 Å². The molecule has 1 aliphatic heterocycles. The molecule has 12 heteroatoms. The average molecular weight is 605 g/mol. The van der Waals surface area contributed by atoms with Gasteiger partial charge in [-0.25, -0.2) is 14.6 Å². The van der Waals surface area contributed by atoms with E-state index < -0.39 is 23.8 Å². The van der Waals surface area contributed by atoms with Crippen molar-refractivity contribution < 1.29 is 28.7 Å². The molecule has 1 aromatic carbocycles. The van der Waals surface area contributed by atoms with Gasteiger partial charge in [0.15, 0.2) is 5.78 Å². The van der Waals surface area contributed by atoms with Crippen LogP contribution in [0.2, 0.25) is 0 Å². The number of ether oxygens (including phenoxy) is 2. The molecule has 3 heterocycles. The number of hydrogen-bond donors (Lipinski definition) is 3. The molecular formula is C32H40N6O6. The summed E-state index contributed by atoms with van der Waals surface area (Å²) in [7, 11) is 1.27. The number of carbonyl (C=O) groups excluding carboxylic acids is 4. The van der Waals surface area contributed by atoms with Gasteiger partial charge < -0.3 is 30.0 Å². The molecule has 44 heavy (non-hydrogen) atoms. The number of H-pyrrole nitrogens is 1. The quantitative estimate of drug-likeness (QED) is 0.292.